The van der Waals surface area contributed by atoms with E-state index in [0.29, 0.717) is 30.6 Å². The Morgan fingerprint density at radius 3 is 2.65 bits per heavy atom. The second-order valence-electron chi connectivity index (χ2n) is 8.80. The summed E-state index contributed by atoms with van der Waals surface area (Å²) in [6.45, 7) is 7.61. The maximum atomic E-state index is 14.2. The molecule has 3 rings (SSSR count). The van der Waals surface area contributed by atoms with Gasteiger partial charge >= 0.3 is 5.97 Å². The molecule has 1 fully saturated rings. The molecule has 2 N–H and O–H groups in total. The first kappa shape index (κ1) is 25.8. The van der Waals surface area contributed by atoms with Gasteiger partial charge in [0.1, 0.15) is 11.6 Å². The fraction of sp³-hybridized carbons (Fsp3) is 0.440. The molecule has 184 valence electrons. The molecule has 0 saturated carbocycles. The predicted molar refractivity (Wildman–Crippen MR) is 129 cm³/mol. The first-order valence-corrected chi connectivity index (χ1v) is 11.6. The molecule has 1 aliphatic heterocycles. The Balaban J connectivity index is 1.92. The van der Waals surface area contributed by atoms with E-state index in [1.807, 2.05) is 6.07 Å². The topological polar surface area (TPSA) is 88.1 Å². The molecule has 2 aromatic carbocycles. The molecule has 1 heterocycles. The van der Waals surface area contributed by atoms with Gasteiger partial charge in [0.15, 0.2) is 6.10 Å². The number of carbonyl (C=O) groups is 2. The van der Waals surface area contributed by atoms with Crippen molar-refractivity contribution in [2.75, 3.05) is 30.0 Å². The number of hydrogen-bond acceptors (Lipinski definition) is 5. The van der Waals surface area contributed by atoms with Crippen molar-refractivity contribution < 1.29 is 28.6 Å². The largest absolute Gasteiger partial charge is 0.479 e. The maximum absolute atomic E-state index is 14.2. The minimum Gasteiger partial charge on any atom is -0.479 e. The number of carboxylic acids is 1. The first-order valence-electron chi connectivity index (χ1n) is 11.3. The van der Waals surface area contributed by atoms with Crippen molar-refractivity contribution in [2.45, 2.75) is 45.8 Å². The van der Waals surface area contributed by atoms with Crippen molar-refractivity contribution in [1.29, 1.82) is 0 Å². The second kappa shape index (κ2) is 11.5. The lowest BCUT2D eigenvalue weighted by molar-refractivity contribution is -0.144. The number of ether oxygens (including phenoxy) is 2. The van der Waals surface area contributed by atoms with Crippen LogP contribution in [0.1, 0.15) is 32.8 Å². The van der Waals surface area contributed by atoms with Gasteiger partial charge in [-0.05, 0) is 49.1 Å². The summed E-state index contributed by atoms with van der Waals surface area (Å²) in [6, 6.07) is 9.42. The van der Waals surface area contributed by atoms with Crippen molar-refractivity contribution in [2.24, 2.45) is 5.92 Å². The van der Waals surface area contributed by atoms with E-state index in [9.17, 15) is 19.1 Å². The summed E-state index contributed by atoms with van der Waals surface area (Å²) in [6.07, 6.45) is -0.396. The third-order valence-corrected chi connectivity index (χ3v) is 5.72. The highest BCUT2D eigenvalue weighted by atomic mass is 35.5. The Morgan fingerprint density at radius 2 is 2.03 bits per heavy atom. The van der Waals surface area contributed by atoms with Crippen molar-refractivity contribution >= 4 is 34.9 Å². The van der Waals surface area contributed by atoms with E-state index in [2.05, 4.69) is 24.1 Å². The Bertz CT molecular complexity index is 1030. The molecule has 1 saturated heterocycles. The van der Waals surface area contributed by atoms with Crippen LogP contribution in [-0.2, 0) is 20.7 Å². The molecule has 0 aromatic heterocycles. The smallest absolute Gasteiger partial charge is 0.344 e. The molecule has 0 radical (unpaired) electrons. The van der Waals surface area contributed by atoms with E-state index in [0.717, 1.165) is 18.7 Å². The average molecular weight is 493 g/mol. The summed E-state index contributed by atoms with van der Waals surface area (Å²) < 4.78 is 25.3. The summed E-state index contributed by atoms with van der Waals surface area (Å²) in [5, 5.41) is 12.3. The number of carboxylic acid groups (broad SMARTS) is 1. The molecule has 0 spiro atoms. The molecular weight excluding hydrogens is 463 g/mol. The van der Waals surface area contributed by atoms with Crippen LogP contribution in [0.2, 0.25) is 5.02 Å². The number of nitrogens with one attached hydrogen (secondary N) is 1. The van der Waals surface area contributed by atoms with Gasteiger partial charge in [0.25, 0.3) is 0 Å². The molecule has 1 amide bonds. The number of benzene rings is 2. The first-order chi connectivity index (χ1) is 16.1. The molecule has 34 heavy (non-hydrogen) atoms. The van der Waals surface area contributed by atoms with Gasteiger partial charge in [-0.2, -0.15) is 0 Å². The molecule has 0 bridgehead atoms. The van der Waals surface area contributed by atoms with Gasteiger partial charge in [-0.15, -0.1) is 0 Å². The number of anilines is 2. The van der Waals surface area contributed by atoms with Gasteiger partial charge in [-0.1, -0.05) is 31.5 Å². The zero-order valence-electron chi connectivity index (χ0n) is 19.5. The van der Waals surface area contributed by atoms with Crippen molar-refractivity contribution in [1.82, 2.24) is 0 Å². The third-order valence-electron chi connectivity index (χ3n) is 5.49. The summed E-state index contributed by atoms with van der Waals surface area (Å²) in [4.78, 5) is 26.3. The lowest BCUT2D eigenvalue weighted by Crippen LogP contribution is -2.39. The number of nitrogens with zero attached hydrogens (tertiary/aromatic N) is 1. The average Bonchev–Trinajstić information content (AvgIpc) is 3.29. The minimum atomic E-state index is -1.10. The van der Waals surface area contributed by atoms with Crippen LogP contribution < -0.4 is 15.0 Å². The summed E-state index contributed by atoms with van der Waals surface area (Å²) in [5.74, 6) is -1.43. The van der Waals surface area contributed by atoms with E-state index in [4.69, 9.17) is 21.1 Å². The zero-order chi connectivity index (χ0) is 24.8. The number of aliphatic carboxylic acids is 1. The van der Waals surface area contributed by atoms with Crippen LogP contribution in [0.25, 0.3) is 0 Å². The quantitative estimate of drug-likeness (QED) is 0.497. The molecule has 2 unspecified atom stereocenters. The lowest BCUT2D eigenvalue weighted by atomic mass is 10.1. The van der Waals surface area contributed by atoms with Crippen LogP contribution in [0.4, 0.5) is 15.8 Å². The summed E-state index contributed by atoms with van der Waals surface area (Å²) >= 11 is 5.81. The van der Waals surface area contributed by atoms with E-state index in [1.165, 1.54) is 25.1 Å². The van der Waals surface area contributed by atoms with Crippen LogP contribution in [0.5, 0.6) is 5.75 Å². The van der Waals surface area contributed by atoms with E-state index in [-0.39, 0.29) is 23.0 Å². The van der Waals surface area contributed by atoms with Crippen LogP contribution in [0, 0.1) is 11.7 Å². The summed E-state index contributed by atoms with van der Waals surface area (Å²) in [5.41, 5.74) is 1.45. The Hall–Kier alpha value is -2.84. The molecule has 2 aromatic rings. The molecule has 9 heteroatoms. The van der Waals surface area contributed by atoms with Gasteiger partial charge in [0.2, 0.25) is 5.91 Å². The van der Waals surface area contributed by atoms with Crippen molar-refractivity contribution in [3.05, 3.63) is 52.8 Å². The SMILES string of the molecule is CC(C)CN(c1ccc(OC(C)C(=O)O)cc1NC(=O)Cc1ccc(Cl)cc1F)C1CCOC1. The third kappa shape index (κ3) is 6.84. The summed E-state index contributed by atoms with van der Waals surface area (Å²) in [7, 11) is 0. The Morgan fingerprint density at radius 1 is 1.26 bits per heavy atom. The van der Waals surface area contributed by atoms with Gasteiger partial charge in [-0.25, -0.2) is 9.18 Å². The highest BCUT2D eigenvalue weighted by Crippen LogP contribution is 2.34. The fourth-order valence-electron chi connectivity index (χ4n) is 3.83. The highest BCUT2D eigenvalue weighted by Gasteiger charge is 2.27. The molecular formula is C25H30ClFN2O5. The molecule has 2 atom stereocenters. The number of halogens is 2. The standard InChI is InChI=1S/C25H30ClFN2O5/c1-15(2)13-29(19-8-9-33-14-19)23-7-6-20(34-16(3)25(31)32)12-22(23)28-24(30)10-17-4-5-18(26)11-21(17)27/h4-7,11-12,15-16,19H,8-10,13-14H2,1-3H3,(H,28,30)(H,31,32). The van der Waals surface area contributed by atoms with Crippen LogP contribution in [0.15, 0.2) is 36.4 Å². The van der Waals surface area contributed by atoms with E-state index >= 15 is 0 Å². The van der Waals surface area contributed by atoms with Gasteiger partial charge < -0.3 is 24.8 Å². The minimum absolute atomic E-state index is 0.136. The lowest BCUT2D eigenvalue weighted by Gasteiger charge is -2.33. The van der Waals surface area contributed by atoms with E-state index in [1.54, 1.807) is 12.1 Å². The maximum Gasteiger partial charge on any atom is 0.344 e. The monoisotopic (exact) mass is 492 g/mol. The van der Waals surface area contributed by atoms with Crippen molar-refractivity contribution in [3.8, 4) is 5.75 Å². The molecule has 1 aliphatic rings. The van der Waals surface area contributed by atoms with Gasteiger partial charge in [0.05, 0.1) is 30.4 Å². The predicted octanol–water partition coefficient (Wildman–Crippen LogP) is 4.76. The van der Waals surface area contributed by atoms with Gasteiger partial charge in [0, 0.05) is 24.2 Å². The zero-order valence-corrected chi connectivity index (χ0v) is 20.3. The van der Waals surface area contributed by atoms with Crippen LogP contribution in [0.3, 0.4) is 0 Å². The Kier molecular flexibility index (Phi) is 8.74. The number of carbonyl (C=O) groups excluding carboxylic acids is 1. The van der Waals surface area contributed by atoms with Crippen LogP contribution >= 0.6 is 11.6 Å². The molecule has 0 aliphatic carbocycles. The number of hydrogen-bond donors (Lipinski definition) is 2. The second-order valence-corrected chi connectivity index (χ2v) is 9.24. The van der Waals surface area contributed by atoms with Gasteiger partial charge in [-0.3, -0.25) is 4.79 Å². The number of amides is 1. The highest BCUT2D eigenvalue weighted by molar-refractivity contribution is 6.30. The fourth-order valence-corrected chi connectivity index (χ4v) is 3.99. The Labute approximate surface area is 203 Å². The van der Waals surface area contributed by atoms with Crippen LogP contribution in [-0.4, -0.2) is 48.9 Å². The number of rotatable bonds is 10. The molecule has 7 nitrogen and oxygen atoms in total. The van der Waals surface area contributed by atoms with Crippen molar-refractivity contribution in [3.63, 3.8) is 0 Å². The normalized spacial score (nSPS) is 16.4. The van der Waals surface area contributed by atoms with E-state index < -0.39 is 23.8 Å².